The summed E-state index contributed by atoms with van der Waals surface area (Å²) in [6.45, 7) is 6.12. The fraction of sp³-hybridized carbons (Fsp3) is 0.650. The van der Waals surface area contributed by atoms with Gasteiger partial charge in [0.25, 0.3) is 0 Å². The van der Waals surface area contributed by atoms with Crippen molar-refractivity contribution in [2.24, 2.45) is 0 Å². The maximum Gasteiger partial charge on any atom is 1.00 e. The summed E-state index contributed by atoms with van der Waals surface area (Å²) in [5.74, 6) is -0.584. The molecule has 1 rings (SSSR count). The molecule has 25 heavy (non-hydrogen) atoms. The van der Waals surface area contributed by atoms with Gasteiger partial charge in [-0.05, 0) is 18.9 Å². The van der Waals surface area contributed by atoms with Crippen molar-refractivity contribution in [3.8, 4) is 5.75 Å². The van der Waals surface area contributed by atoms with Crippen molar-refractivity contribution < 1.29 is 48.9 Å². The Morgan fingerprint density at radius 1 is 0.960 bits per heavy atom. The average Bonchev–Trinajstić information content (AvgIpc) is 2.58. The van der Waals surface area contributed by atoms with Gasteiger partial charge in [0.15, 0.2) is 0 Å². The van der Waals surface area contributed by atoms with E-state index in [1.165, 1.54) is 32.1 Å². The average molecular weight is 358 g/mol. The third-order valence-corrected chi connectivity index (χ3v) is 3.96. The van der Waals surface area contributed by atoms with Crippen molar-refractivity contribution in [3.63, 3.8) is 0 Å². The molecule has 0 radical (unpaired) electrons. The second-order valence-corrected chi connectivity index (χ2v) is 6.13. The van der Waals surface area contributed by atoms with Gasteiger partial charge in [0, 0.05) is 17.7 Å². The summed E-state index contributed by atoms with van der Waals surface area (Å²) in [6, 6.07) is 4.86. The minimum absolute atomic E-state index is 0. The Hall–Kier alpha value is -0.550. The van der Waals surface area contributed by atoms with Gasteiger partial charge < -0.3 is 19.4 Å². The molecule has 0 saturated carbocycles. The topological polar surface area (TPSA) is 58.6 Å². The van der Waals surface area contributed by atoms with Crippen molar-refractivity contribution in [1.29, 1.82) is 0 Å². The Bertz CT molecular complexity index is 477. The van der Waals surface area contributed by atoms with Crippen molar-refractivity contribution >= 4 is 5.97 Å². The van der Waals surface area contributed by atoms with Gasteiger partial charge in [-0.15, -0.1) is 0 Å². The number of hydrogen-bond donors (Lipinski definition) is 0. The zero-order valence-corrected chi connectivity index (χ0v) is 18.1. The summed E-state index contributed by atoms with van der Waals surface area (Å²) in [5.41, 5.74) is 1.04. The minimum Gasteiger partial charge on any atom is -0.545 e. The van der Waals surface area contributed by atoms with Crippen LogP contribution in [-0.4, -0.2) is 19.2 Å². The van der Waals surface area contributed by atoms with Gasteiger partial charge >= 0.3 is 29.6 Å². The number of aromatic carboxylic acids is 1. The molecule has 0 aliphatic heterocycles. The van der Waals surface area contributed by atoms with Crippen molar-refractivity contribution in [1.82, 2.24) is 0 Å². The third-order valence-electron chi connectivity index (χ3n) is 3.96. The number of rotatable bonds is 14. The number of carboxylic acids is 1. The molecular weight excluding hydrogens is 327 g/mol. The summed E-state index contributed by atoms with van der Waals surface area (Å²) in [5, 5.41) is 11.0. The molecule has 136 valence electrons. The van der Waals surface area contributed by atoms with E-state index in [2.05, 4.69) is 13.8 Å². The van der Waals surface area contributed by atoms with Crippen LogP contribution in [0.4, 0.5) is 0 Å². The summed E-state index contributed by atoms with van der Waals surface area (Å²) >= 11 is 0. The molecule has 0 saturated heterocycles. The zero-order chi connectivity index (χ0) is 17.6. The first-order valence-corrected chi connectivity index (χ1v) is 9.23. The Labute approximate surface area is 174 Å². The van der Waals surface area contributed by atoms with Crippen molar-refractivity contribution in [3.05, 3.63) is 29.3 Å². The normalized spacial score (nSPS) is 10.3. The Morgan fingerprint density at radius 2 is 1.60 bits per heavy atom. The van der Waals surface area contributed by atoms with E-state index in [-0.39, 0.29) is 35.1 Å². The van der Waals surface area contributed by atoms with E-state index in [1.54, 1.807) is 18.2 Å². The SMILES string of the molecule is CCCCCCOCc1ccc(C(=O)[O-])cc1OCCCCCC.[Na+]. The van der Waals surface area contributed by atoms with Gasteiger partial charge in [0.05, 0.1) is 19.2 Å². The fourth-order valence-corrected chi connectivity index (χ4v) is 2.46. The van der Waals surface area contributed by atoms with Crippen LogP contribution >= 0.6 is 0 Å². The first kappa shape index (κ1) is 24.5. The first-order chi connectivity index (χ1) is 11.7. The van der Waals surface area contributed by atoms with Gasteiger partial charge in [-0.1, -0.05) is 64.5 Å². The summed E-state index contributed by atoms with van der Waals surface area (Å²) in [7, 11) is 0. The molecule has 0 fully saturated rings. The Kier molecular flexibility index (Phi) is 15.3. The second kappa shape index (κ2) is 15.7. The van der Waals surface area contributed by atoms with Crippen LogP contribution in [0.15, 0.2) is 18.2 Å². The Morgan fingerprint density at radius 3 is 2.20 bits per heavy atom. The molecule has 0 N–H and O–H groups in total. The van der Waals surface area contributed by atoms with Crippen LogP contribution in [-0.2, 0) is 11.3 Å². The molecular formula is C20H31NaO4. The van der Waals surface area contributed by atoms with Crippen LogP contribution < -0.4 is 39.4 Å². The van der Waals surface area contributed by atoms with E-state index in [4.69, 9.17) is 9.47 Å². The quantitative estimate of drug-likeness (QED) is 0.369. The fourth-order valence-electron chi connectivity index (χ4n) is 2.46. The molecule has 0 unspecified atom stereocenters. The van der Waals surface area contributed by atoms with Crippen LogP contribution in [0.3, 0.4) is 0 Å². The Balaban J connectivity index is 0.00000576. The van der Waals surface area contributed by atoms with E-state index >= 15 is 0 Å². The van der Waals surface area contributed by atoms with Gasteiger partial charge in [-0.2, -0.15) is 0 Å². The van der Waals surface area contributed by atoms with E-state index in [1.807, 2.05) is 0 Å². The van der Waals surface area contributed by atoms with Gasteiger partial charge in [-0.3, -0.25) is 0 Å². The largest absolute Gasteiger partial charge is 1.00 e. The summed E-state index contributed by atoms with van der Waals surface area (Å²) < 4.78 is 11.5. The molecule has 0 aliphatic carbocycles. The molecule has 1 aromatic carbocycles. The smallest absolute Gasteiger partial charge is 0.545 e. The van der Waals surface area contributed by atoms with E-state index in [9.17, 15) is 9.90 Å². The molecule has 4 nitrogen and oxygen atoms in total. The van der Waals surface area contributed by atoms with Crippen molar-refractivity contribution in [2.75, 3.05) is 13.2 Å². The van der Waals surface area contributed by atoms with Crippen LogP contribution in [0.2, 0.25) is 0 Å². The number of carbonyl (C=O) groups excluding carboxylic acids is 1. The van der Waals surface area contributed by atoms with Crippen LogP contribution in [0.5, 0.6) is 5.75 Å². The number of carbonyl (C=O) groups is 1. The number of ether oxygens (including phenoxy) is 2. The van der Waals surface area contributed by atoms with Crippen LogP contribution in [0.1, 0.15) is 81.1 Å². The maximum absolute atomic E-state index is 11.0. The first-order valence-electron chi connectivity index (χ1n) is 9.23. The van der Waals surface area contributed by atoms with Crippen molar-refractivity contribution in [2.45, 2.75) is 71.8 Å². The third kappa shape index (κ3) is 10.9. The molecule has 0 heterocycles. The molecule has 0 spiro atoms. The molecule has 0 bridgehead atoms. The monoisotopic (exact) mass is 358 g/mol. The van der Waals surface area contributed by atoms with Crippen LogP contribution in [0.25, 0.3) is 0 Å². The maximum atomic E-state index is 11.0. The van der Waals surface area contributed by atoms with E-state index in [0.29, 0.717) is 19.0 Å². The van der Waals surface area contributed by atoms with Gasteiger partial charge in [-0.25, -0.2) is 0 Å². The van der Waals surface area contributed by atoms with Gasteiger partial charge in [0.1, 0.15) is 5.75 Å². The predicted octanol–water partition coefficient (Wildman–Crippen LogP) is 1.11. The molecule has 0 aliphatic rings. The minimum atomic E-state index is -1.18. The predicted molar refractivity (Wildman–Crippen MR) is 94.2 cm³/mol. The number of carboxylic acid groups (broad SMARTS) is 1. The molecule has 1 aromatic rings. The summed E-state index contributed by atoms with van der Waals surface area (Å²) in [4.78, 5) is 11.0. The second-order valence-electron chi connectivity index (χ2n) is 6.13. The molecule has 0 atom stereocenters. The number of hydrogen-bond acceptors (Lipinski definition) is 4. The van der Waals surface area contributed by atoms with Crippen LogP contribution in [0, 0.1) is 0 Å². The van der Waals surface area contributed by atoms with E-state index < -0.39 is 5.97 Å². The standard InChI is InChI=1S/C20H32O4.Na/c1-3-5-7-9-13-23-16-18-12-11-17(20(21)22)15-19(18)24-14-10-8-6-4-2;/h11-12,15H,3-10,13-14,16H2,1-2H3,(H,21,22);/q;+1/p-1. The molecule has 5 heteroatoms. The molecule has 0 amide bonds. The molecule has 0 aromatic heterocycles. The summed E-state index contributed by atoms with van der Waals surface area (Å²) in [6.07, 6.45) is 9.14. The number of benzene rings is 1. The zero-order valence-electron chi connectivity index (χ0n) is 16.1. The van der Waals surface area contributed by atoms with E-state index in [0.717, 1.165) is 31.4 Å². The number of unbranched alkanes of at least 4 members (excludes halogenated alkanes) is 6. The van der Waals surface area contributed by atoms with Gasteiger partial charge in [0.2, 0.25) is 0 Å².